The number of aromatic nitrogens is 1. The van der Waals surface area contributed by atoms with E-state index >= 15 is 0 Å². The van der Waals surface area contributed by atoms with E-state index in [1.54, 1.807) is 30.3 Å². The van der Waals surface area contributed by atoms with Crippen LogP contribution in [0.2, 0.25) is 5.15 Å². The molecule has 1 atom stereocenters. The molecule has 1 unspecified atom stereocenters. The van der Waals surface area contributed by atoms with E-state index in [0.29, 0.717) is 23.5 Å². The first-order chi connectivity index (χ1) is 9.65. The van der Waals surface area contributed by atoms with E-state index < -0.39 is 0 Å². The van der Waals surface area contributed by atoms with Crippen LogP contribution in [-0.4, -0.2) is 42.2 Å². The Balaban J connectivity index is 1.69. The minimum Gasteiger partial charge on any atom is -0.378 e. The first-order valence-electron chi connectivity index (χ1n) is 6.90. The summed E-state index contributed by atoms with van der Waals surface area (Å²) >= 11 is 5.70. The van der Waals surface area contributed by atoms with Gasteiger partial charge in [0, 0.05) is 20.2 Å². The molecule has 20 heavy (non-hydrogen) atoms. The number of hydrogen-bond donors (Lipinski definition) is 1. The molecule has 0 spiro atoms. The molecule has 1 aliphatic heterocycles. The van der Waals surface area contributed by atoms with Crippen LogP contribution in [0.4, 0.5) is 10.5 Å². The summed E-state index contributed by atoms with van der Waals surface area (Å²) in [6.07, 6.45) is 6.19. The number of halogens is 1. The van der Waals surface area contributed by atoms with Crippen LogP contribution >= 0.6 is 11.6 Å². The molecule has 2 amide bonds. The zero-order valence-electron chi connectivity index (χ0n) is 11.6. The van der Waals surface area contributed by atoms with Crippen molar-refractivity contribution in [2.45, 2.75) is 31.8 Å². The maximum atomic E-state index is 11.9. The third kappa shape index (κ3) is 4.65. The lowest BCUT2D eigenvalue weighted by atomic mass is 10.1. The number of hydrogen-bond acceptors (Lipinski definition) is 3. The monoisotopic (exact) mass is 297 g/mol. The minimum absolute atomic E-state index is 0.138. The summed E-state index contributed by atoms with van der Waals surface area (Å²) in [5, 5.41) is 3.19. The van der Waals surface area contributed by atoms with Gasteiger partial charge in [-0.05, 0) is 37.8 Å². The average Bonchev–Trinajstić information content (AvgIpc) is 2.94. The molecule has 6 heteroatoms. The van der Waals surface area contributed by atoms with E-state index in [1.807, 2.05) is 0 Å². The maximum Gasteiger partial charge on any atom is 0.321 e. The average molecular weight is 298 g/mol. The maximum absolute atomic E-state index is 11.9. The van der Waals surface area contributed by atoms with E-state index in [0.717, 1.165) is 32.3 Å². The Labute approximate surface area is 124 Å². The standard InChI is InChI=1S/C14H20ClN3O2/c1-18(8-2-4-12-5-3-9-20-12)14(19)17-11-6-7-13(15)16-10-11/h6-7,10,12H,2-5,8-9H2,1H3,(H,17,19). The third-order valence-electron chi connectivity index (χ3n) is 3.37. The smallest absolute Gasteiger partial charge is 0.321 e. The fourth-order valence-electron chi connectivity index (χ4n) is 2.20. The summed E-state index contributed by atoms with van der Waals surface area (Å²) in [6.45, 7) is 1.59. The number of nitrogens with one attached hydrogen (secondary N) is 1. The highest BCUT2D eigenvalue weighted by molar-refractivity contribution is 6.29. The summed E-state index contributed by atoms with van der Waals surface area (Å²) in [4.78, 5) is 17.5. The summed E-state index contributed by atoms with van der Waals surface area (Å²) in [5.41, 5.74) is 0.644. The number of pyridine rings is 1. The van der Waals surface area contributed by atoms with Crippen LogP contribution in [0.1, 0.15) is 25.7 Å². The predicted octanol–water partition coefficient (Wildman–Crippen LogP) is 3.16. The van der Waals surface area contributed by atoms with Crippen LogP contribution < -0.4 is 5.32 Å². The van der Waals surface area contributed by atoms with Gasteiger partial charge in [0.1, 0.15) is 5.15 Å². The summed E-state index contributed by atoms with van der Waals surface area (Å²) < 4.78 is 5.56. The third-order valence-corrected chi connectivity index (χ3v) is 3.59. The Morgan fingerprint density at radius 3 is 3.10 bits per heavy atom. The normalized spacial score (nSPS) is 18.0. The van der Waals surface area contributed by atoms with Gasteiger partial charge < -0.3 is 15.0 Å². The van der Waals surface area contributed by atoms with Crippen LogP contribution in [-0.2, 0) is 4.74 Å². The van der Waals surface area contributed by atoms with Crippen LogP contribution in [0, 0.1) is 0 Å². The molecule has 1 aromatic heterocycles. The molecule has 1 aliphatic rings. The predicted molar refractivity (Wildman–Crippen MR) is 79.1 cm³/mol. The highest BCUT2D eigenvalue weighted by Gasteiger charge is 2.16. The number of rotatable bonds is 5. The molecule has 0 saturated carbocycles. The second-order valence-electron chi connectivity index (χ2n) is 5.00. The topological polar surface area (TPSA) is 54.5 Å². The van der Waals surface area contributed by atoms with E-state index in [2.05, 4.69) is 10.3 Å². The number of carbonyl (C=O) groups excluding carboxylic acids is 1. The number of anilines is 1. The molecule has 1 aromatic rings. The van der Waals surface area contributed by atoms with Gasteiger partial charge >= 0.3 is 6.03 Å². The Bertz CT molecular complexity index is 433. The van der Waals surface area contributed by atoms with Gasteiger partial charge in [0.2, 0.25) is 0 Å². The zero-order chi connectivity index (χ0) is 14.4. The van der Waals surface area contributed by atoms with Gasteiger partial charge in [-0.1, -0.05) is 11.6 Å². The van der Waals surface area contributed by atoms with Gasteiger partial charge in [-0.15, -0.1) is 0 Å². The van der Waals surface area contributed by atoms with Crippen molar-refractivity contribution in [2.24, 2.45) is 0 Å². The molecular formula is C14H20ClN3O2. The molecule has 5 nitrogen and oxygen atoms in total. The molecule has 0 aromatic carbocycles. The Hall–Kier alpha value is -1.33. The Kier molecular flexibility index (Phi) is 5.61. The quantitative estimate of drug-likeness (QED) is 0.849. The van der Waals surface area contributed by atoms with Crippen molar-refractivity contribution >= 4 is 23.3 Å². The first kappa shape index (κ1) is 15.1. The van der Waals surface area contributed by atoms with Crippen molar-refractivity contribution in [1.82, 2.24) is 9.88 Å². The number of nitrogens with zero attached hydrogens (tertiary/aromatic N) is 2. The summed E-state index contributed by atoms with van der Waals surface area (Å²) in [6, 6.07) is 3.24. The van der Waals surface area contributed by atoms with E-state index in [9.17, 15) is 4.79 Å². The molecule has 0 radical (unpaired) electrons. The van der Waals surface area contributed by atoms with E-state index in [-0.39, 0.29) is 6.03 Å². The summed E-state index contributed by atoms with van der Waals surface area (Å²) in [7, 11) is 1.79. The van der Waals surface area contributed by atoms with Crippen molar-refractivity contribution in [3.8, 4) is 0 Å². The van der Waals surface area contributed by atoms with E-state index in [4.69, 9.17) is 16.3 Å². The van der Waals surface area contributed by atoms with Crippen molar-refractivity contribution in [2.75, 3.05) is 25.5 Å². The van der Waals surface area contributed by atoms with Gasteiger partial charge in [0.15, 0.2) is 0 Å². The lowest BCUT2D eigenvalue weighted by molar-refractivity contribution is 0.101. The van der Waals surface area contributed by atoms with Gasteiger partial charge in [0.05, 0.1) is 18.0 Å². The fourth-order valence-corrected chi connectivity index (χ4v) is 2.31. The number of amides is 2. The molecule has 1 fully saturated rings. The molecule has 110 valence electrons. The molecule has 2 rings (SSSR count). The van der Waals surface area contributed by atoms with Crippen LogP contribution in [0.15, 0.2) is 18.3 Å². The highest BCUT2D eigenvalue weighted by Crippen LogP contribution is 2.17. The van der Waals surface area contributed by atoms with Crippen molar-refractivity contribution in [3.63, 3.8) is 0 Å². The molecular weight excluding hydrogens is 278 g/mol. The van der Waals surface area contributed by atoms with Gasteiger partial charge in [-0.3, -0.25) is 0 Å². The lowest BCUT2D eigenvalue weighted by Gasteiger charge is -2.18. The Morgan fingerprint density at radius 1 is 1.60 bits per heavy atom. The molecule has 0 aliphatic carbocycles. The number of urea groups is 1. The number of ether oxygens (including phenoxy) is 1. The number of carbonyl (C=O) groups is 1. The largest absolute Gasteiger partial charge is 0.378 e. The first-order valence-corrected chi connectivity index (χ1v) is 7.28. The minimum atomic E-state index is -0.138. The fraction of sp³-hybridized carbons (Fsp3) is 0.571. The SMILES string of the molecule is CN(CCCC1CCCO1)C(=O)Nc1ccc(Cl)nc1. The van der Waals surface area contributed by atoms with Crippen molar-refractivity contribution in [3.05, 3.63) is 23.5 Å². The van der Waals surface area contributed by atoms with Crippen LogP contribution in [0.3, 0.4) is 0 Å². The lowest BCUT2D eigenvalue weighted by Crippen LogP contribution is -2.32. The second-order valence-corrected chi connectivity index (χ2v) is 5.39. The molecule has 2 heterocycles. The van der Waals surface area contributed by atoms with Gasteiger partial charge in [0.25, 0.3) is 0 Å². The second kappa shape index (κ2) is 7.45. The van der Waals surface area contributed by atoms with E-state index in [1.165, 1.54) is 0 Å². The van der Waals surface area contributed by atoms with Gasteiger partial charge in [-0.2, -0.15) is 0 Å². The van der Waals surface area contributed by atoms with Crippen molar-refractivity contribution in [1.29, 1.82) is 0 Å². The van der Waals surface area contributed by atoms with Crippen LogP contribution in [0.25, 0.3) is 0 Å². The highest BCUT2D eigenvalue weighted by atomic mass is 35.5. The van der Waals surface area contributed by atoms with Gasteiger partial charge in [-0.25, -0.2) is 9.78 Å². The molecule has 0 bridgehead atoms. The zero-order valence-corrected chi connectivity index (χ0v) is 12.4. The summed E-state index contributed by atoms with van der Waals surface area (Å²) in [5.74, 6) is 0. The van der Waals surface area contributed by atoms with Crippen molar-refractivity contribution < 1.29 is 9.53 Å². The molecule has 1 saturated heterocycles. The molecule has 1 N–H and O–H groups in total. The Morgan fingerprint density at radius 2 is 2.45 bits per heavy atom. The van der Waals surface area contributed by atoms with Crippen LogP contribution in [0.5, 0.6) is 0 Å².